The maximum Gasteiger partial charge on any atom is 0.305 e. The second-order valence-electron chi connectivity index (χ2n) is 4.41. The van der Waals surface area contributed by atoms with Crippen molar-refractivity contribution in [2.75, 3.05) is 13.6 Å². The molecule has 0 spiro atoms. The molecule has 110 valence electrons. The first kappa shape index (κ1) is 16.2. The molecule has 20 heavy (non-hydrogen) atoms. The minimum Gasteiger partial charge on any atom is -0.481 e. The van der Waals surface area contributed by atoms with Gasteiger partial charge in [0.2, 0.25) is 5.91 Å². The Hall–Kier alpha value is -1.89. The van der Waals surface area contributed by atoms with Crippen LogP contribution in [0.25, 0.3) is 0 Å². The summed E-state index contributed by atoms with van der Waals surface area (Å²) in [4.78, 5) is 36.2. The Bertz CT molecular complexity index is 473. The molecule has 1 aromatic rings. The van der Waals surface area contributed by atoms with Crippen molar-refractivity contribution in [1.29, 1.82) is 0 Å². The molecule has 0 saturated heterocycles. The smallest absolute Gasteiger partial charge is 0.305 e. The van der Waals surface area contributed by atoms with Gasteiger partial charge in [0.1, 0.15) is 0 Å². The van der Waals surface area contributed by atoms with Gasteiger partial charge in [-0.2, -0.15) is 0 Å². The highest BCUT2D eigenvalue weighted by Gasteiger charge is 2.18. The molecule has 1 unspecified atom stereocenters. The van der Waals surface area contributed by atoms with Gasteiger partial charge >= 0.3 is 5.97 Å². The molecule has 2 N–H and O–H groups in total. The van der Waals surface area contributed by atoms with Crippen molar-refractivity contribution >= 4 is 29.1 Å². The molecule has 7 heteroatoms. The van der Waals surface area contributed by atoms with Crippen LogP contribution in [0.5, 0.6) is 0 Å². The van der Waals surface area contributed by atoms with Gasteiger partial charge in [0.05, 0.1) is 17.8 Å². The summed E-state index contributed by atoms with van der Waals surface area (Å²) in [5.41, 5.74) is 0. The second kappa shape index (κ2) is 7.64. The average molecular weight is 298 g/mol. The van der Waals surface area contributed by atoms with E-state index >= 15 is 0 Å². The van der Waals surface area contributed by atoms with Crippen LogP contribution in [0.1, 0.15) is 29.4 Å². The molecule has 0 aliphatic heterocycles. The lowest BCUT2D eigenvalue weighted by molar-refractivity contribution is -0.137. The quantitative estimate of drug-likeness (QED) is 0.791. The summed E-state index contributed by atoms with van der Waals surface area (Å²) in [7, 11) is 1.54. The van der Waals surface area contributed by atoms with Gasteiger partial charge in [0.25, 0.3) is 5.91 Å². The molecule has 0 aliphatic carbocycles. The maximum absolute atomic E-state index is 11.9. The Morgan fingerprint density at radius 2 is 2.15 bits per heavy atom. The minimum atomic E-state index is -0.958. The summed E-state index contributed by atoms with van der Waals surface area (Å²) in [6.45, 7) is 1.71. The molecule has 0 bridgehead atoms. The van der Waals surface area contributed by atoms with Gasteiger partial charge in [-0.25, -0.2) is 0 Å². The van der Waals surface area contributed by atoms with Gasteiger partial charge in [-0.1, -0.05) is 13.0 Å². The Kier molecular flexibility index (Phi) is 6.17. The minimum absolute atomic E-state index is 0.0904. The van der Waals surface area contributed by atoms with E-state index in [4.69, 9.17) is 5.11 Å². The highest BCUT2D eigenvalue weighted by Crippen LogP contribution is 2.10. The lowest BCUT2D eigenvalue weighted by Crippen LogP contribution is -2.43. The normalized spacial score (nSPS) is 11.7. The number of hydrogen-bond acceptors (Lipinski definition) is 4. The van der Waals surface area contributed by atoms with Crippen molar-refractivity contribution in [3.05, 3.63) is 22.4 Å². The summed E-state index contributed by atoms with van der Waals surface area (Å²) in [6.07, 6.45) is 0.408. The first-order chi connectivity index (χ1) is 9.43. The van der Waals surface area contributed by atoms with E-state index in [0.717, 1.165) is 0 Å². The topological polar surface area (TPSA) is 86.7 Å². The zero-order chi connectivity index (χ0) is 15.1. The zero-order valence-corrected chi connectivity index (χ0v) is 12.3. The standard InChI is InChI=1S/C13H18N2O4S/c1-3-9(7-12(17)18)14-11(16)8-15(2)13(19)10-5-4-6-20-10/h4-6,9H,3,7-8H2,1-2H3,(H,14,16)(H,17,18). The summed E-state index contributed by atoms with van der Waals surface area (Å²) in [5.74, 6) is -1.54. The number of nitrogens with one attached hydrogen (secondary N) is 1. The second-order valence-corrected chi connectivity index (χ2v) is 5.36. The van der Waals surface area contributed by atoms with E-state index in [1.807, 2.05) is 0 Å². The molecule has 0 aromatic carbocycles. The summed E-state index contributed by atoms with van der Waals surface area (Å²) >= 11 is 1.31. The van der Waals surface area contributed by atoms with Crippen LogP contribution in [-0.4, -0.2) is 47.4 Å². The van der Waals surface area contributed by atoms with E-state index in [1.54, 1.807) is 31.5 Å². The molecular formula is C13H18N2O4S. The van der Waals surface area contributed by atoms with E-state index in [1.165, 1.54) is 16.2 Å². The van der Waals surface area contributed by atoms with E-state index in [0.29, 0.717) is 11.3 Å². The zero-order valence-electron chi connectivity index (χ0n) is 11.5. The summed E-state index contributed by atoms with van der Waals surface area (Å²) in [6, 6.07) is 3.05. The Morgan fingerprint density at radius 3 is 2.65 bits per heavy atom. The Balaban J connectivity index is 2.48. The van der Waals surface area contributed by atoms with Gasteiger partial charge in [-0.3, -0.25) is 14.4 Å². The molecule has 1 aromatic heterocycles. The van der Waals surface area contributed by atoms with Gasteiger partial charge < -0.3 is 15.3 Å². The van der Waals surface area contributed by atoms with Gasteiger partial charge in [0.15, 0.2) is 0 Å². The number of carboxylic acids is 1. The third-order valence-electron chi connectivity index (χ3n) is 2.74. The molecule has 6 nitrogen and oxygen atoms in total. The third-order valence-corrected chi connectivity index (χ3v) is 3.60. The van der Waals surface area contributed by atoms with Crippen LogP contribution in [0.15, 0.2) is 17.5 Å². The van der Waals surface area contributed by atoms with Crippen molar-refractivity contribution in [3.63, 3.8) is 0 Å². The number of amides is 2. The van der Waals surface area contributed by atoms with Crippen LogP contribution in [0.3, 0.4) is 0 Å². The molecule has 2 amide bonds. The fraction of sp³-hybridized carbons (Fsp3) is 0.462. The van der Waals surface area contributed by atoms with E-state index < -0.39 is 12.0 Å². The van der Waals surface area contributed by atoms with E-state index in [2.05, 4.69) is 5.32 Å². The van der Waals surface area contributed by atoms with Crippen LogP contribution >= 0.6 is 11.3 Å². The Labute approximate surface area is 121 Å². The number of likely N-dealkylation sites (N-methyl/N-ethyl adjacent to an activating group) is 1. The van der Waals surface area contributed by atoms with Crippen molar-refractivity contribution in [3.8, 4) is 0 Å². The van der Waals surface area contributed by atoms with Crippen LogP contribution in [0.2, 0.25) is 0 Å². The highest BCUT2D eigenvalue weighted by atomic mass is 32.1. The number of thiophene rings is 1. The highest BCUT2D eigenvalue weighted by molar-refractivity contribution is 7.12. The van der Waals surface area contributed by atoms with Crippen molar-refractivity contribution in [1.82, 2.24) is 10.2 Å². The lowest BCUT2D eigenvalue weighted by Gasteiger charge is -2.19. The first-order valence-corrected chi connectivity index (χ1v) is 7.12. The number of aliphatic carboxylic acids is 1. The van der Waals surface area contributed by atoms with Gasteiger partial charge in [-0.15, -0.1) is 11.3 Å². The molecule has 0 fully saturated rings. The maximum atomic E-state index is 11.9. The monoisotopic (exact) mass is 298 g/mol. The molecule has 1 rings (SSSR count). The summed E-state index contributed by atoms with van der Waals surface area (Å²) < 4.78 is 0. The van der Waals surface area contributed by atoms with Crippen molar-refractivity contribution < 1.29 is 19.5 Å². The fourth-order valence-electron chi connectivity index (χ4n) is 1.66. The molecule has 0 radical (unpaired) electrons. The van der Waals surface area contributed by atoms with Crippen molar-refractivity contribution in [2.45, 2.75) is 25.8 Å². The largest absolute Gasteiger partial charge is 0.481 e. The Morgan fingerprint density at radius 1 is 1.45 bits per heavy atom. The lowest BCUT2D eigenvalue weighted by atomic mass is 10.1. The predicted molar refractivity (Wildman–Crippen MR) is 75.8 cm³/mol. The third kappa shape index (κ3) is 5.00. The number of hydrogen-bond donors (Lipinski definition) is 2. The van der Waals surface area contributed by atoms with Crippen LogP contribution < -0.4 is 5.32 Å². The van der Waals surface area contributed by atoms with Crippen molar-refractivity contribution in [2.24, 2.45) is 0 Å². The number of carbonyl (C=O) groups excluding carboxylic acids is 2. The fourth-order valence-corrected chi connectivity index (χ4v) is 2.37. The van der Waals surface area contributed by atoms with Gasteiger partial charge in [0, 0.05) is 13.1 Å². The molecule has 0 saturated carbocycles. The predicted octanol–water partition coefficient (Wildman–Crippen LogP) is 1.19. The van der Waals surface area contributed by atoms with Crippen LogP contribution in [0, 0.1) is 0 Å². The number of carbonyl (C=O) groups is 3. The number of nitrogens with zero attached hydrogens (tertiary/aromatic N) is 1. The number of carboxylic acid groups (broad SMARTS) is 1. The van der Waals surface area contributed by atoms with E-state index in [-0.39, 0.29) is 24.8 Å². The SMILES string of the molecule is CCC(CC(=O)O)NC(=O)CN(C)C(=O)c1cccs1. The molecule has 0 aliphatic rings. The van der Waals surface area contributed by atoms with Gasteiger partial charge in [-0.05, 0) is 17.9 Å². The van der Waals surface area contributed by atoms with Crippen LogP contribution in [-0.2, 0) is 9.59 Å². The summed E-state index contributed by atoms with van der Waals surface area (Å²) in [5, 5.41) is 13.1. The van der Waals surface area contributed by atoms with Crippen LogP contribution in [0.4, 0.5) is 0 Å². The molecule has 1 atom stereocenters. The molecular weight excluding hydrogens is 280 g/mol. The first-order valence-electron chi connectivity index (χ1n) is 6.24. The van der Waals surface area contributed by atoms with E-state index in [9.17, 15) is 14.4 Å². The molecule has 1 heterocycles. The number of rotatable bonds is 7. The average Bonchev–Trinajstić information content (AvgIpc) is 2.89.